The summed E-state index contributed by atoms with van der Waals surface area (Å²) in [7, 11) is 2.05. The summed E-state index contributed by atoms with van der Waals surface area (Å²) >= 11 is 0. The molecule has 0 unspecified atom stereocenters. The lowest BCUT2D eigenvalue weighted by Gasteiger charge is -2.30. The molecule has 6 heteroatoms. The zero-order chi connectivity index (χ0) is 24.2. The van der Waals surface area contributed by atoms with E-state index < -0.39 is 5.60 Å². The summed E-state index contributed by atoms with van der Waals surface area (Å²) in [5.74, 6) is 0.800. The largest absolute Gasteiger partial charge is 0.483 e. The fourth-order valence-electron chi connectivity index (χ4n) is 5.34. The van der Waals surface area contributed by atoms with Crippen LogP contribution in [0.2, 0.25) is 0 Å². The number of nitrogens with one attached hydrogen (secondary N) is 1. The second kappa shape index (κ2) is 8.40. The number of hydrogen-bond donors (Lipinski definition) is 1. The Morgan fingerprint density at radius 2 is 1.80 bits per heavy atom. The van der Waals surface area contributed by atoms with Crippen LogP contribution < -0.4 is 15.5 Å². The van der Waals surface area contributed by atoms with Crippen molar-refractivity contribution in [1.29, 1.82) is 0 Å². The molecule has 1 aromatic heterocycles. The second-order valence-electron chi connectivity index (χ2n) is 10.1. The van der Waals surface area contributed by atoms with Gasteiger partial charge in [-0.1, -0.05) is 24.3 Å². The van der Waals surface area contributed by atoms with Gasteiger partial charge in [0.2, 0.25) is 0 Å². The first-order valence-electron chi connectivity index (χ1n) is 12.4. The highest BCUT2D eigenvalue weighted by molar-refractivity contribution is 6.08. The molecular weight excluding hydrogens is 438 g/mol. The standard InChI is InChI=1S/C29H31N3O3/c1-29(2)9-8-21-25(35-29)18-23(30-10-11-32-12-14-34-15-13-32)26-27(21)31(3)24-17-20-7-5-4-6-19(20)16-22(24)28(26)33/h4-9,16-18,30H,10-15H2,1-3H3. The van der Waals surface area contributed by atoms with Crippen molar-refractivity contribution in [3.05, 3.63) is 64.3 Å². The molecule has 3 heterocycles. The summed E-state index contributed by atoms with van der Waals surface area (Å²) in [4.78, 5) is 16.4. The van der Waals surface area contributed by atoms with Crippen LogP contribution in [0.5, 0.6) is 5.75 Å². The molecule has 1 fully saturated rings. The molecule has 0 radical (unpaired) electrons. The first kappa shape index (κ1) is 22.1. The summed E-state index contributed by atoms with van der Waals surface area (Å²) in [5, 5.41) is 7.22. The Morgan fingerprint density at radius 3 is 2.57 bits per heavy atom. The van der Waals surface area contributed by atoms with Gasteiger partial charge >= 0.3 is 0 Å². The van der Waals surface area contributed by atoms with Gasteiger partial charge < -0.3 is 19.4 Å². The first-order valence-corrected chi connectivity index (χ1v) is 12.4. The number of aryl methyl sites for hydroxylation is 1. The van der Waals surface area contributed by atoms with Crippen LogP contribution in [0.4, 0.5) is 5.69 Å². The zero-order valence-corrected chi connectivity index (χ0v) is 20.6. The predicted octanol–water partition coefficient (Wildman–Crippen LogP) is 4.77. The summed E-state index contributed by atoms with van der Waals surface area (Å²) in [6.07, 6.45) is 4.17. The average molecular weight is 470 g/mol. The Bertz CT molecular complexity index is 1540. The number of ether oxygens (including phenoxy) is 2. The van der Waals surface area contributed by atoms with Gasteiger partial charge in [0.05, 0.1) is 35.3 Å². The van der Waals surface area contributed by atoms with Crippen LogP contribution in [0.25, 0.3) is 38.7 Å². The van der Waals surface area contributed by atoms with Gasteiger partial charge in [-0.3, -0.25) is 9.69 Å². The third-order valence-corrected chi connectivity index (χ3v) is 7.21. The predicted molar refractivity (Wildman–Crippen MR) is 144 cm³/mol. The minimum absolute atomic E-state index is 0.0498. The molecule has 1 N–H and O–H groups in total. The van der Waals surface area contributed by atoms with E-state index in [1.54, 1.807) is 0 Å². The van der Waals surface area contributed by atoms with Gasteiger partial charge in [0.25, 0.3) is 0 Å². The molecular formula is C29H31N3O3. The topological polar surface area (TPSA) is 55.7 Å². The van der Waals surface area contributed by atoms with E-state index in [9.17, 15) is 4.79 Å². The van der Waals surface area contributed by atoms with Crippen LogP contribution in [0.3, 0.4) is 0 Å². The molecule has 6 rings (SSSR count). The Balaban J connectivity index is 1.56. The van der Waals surface area contributed by atoms with E-state index >= 15 is 0 Å². The third-order valence-electron chi connectivity index (χ3n) is 7.21. The monoisotopic (exact) mass is 469 g/mol. The van der Waals surface area contributed by atoms with E-state index in [0.29, 0.717) is 5.39 Å². The molecule has 0 saturated carbocycles. The van der Waals surface area contributed by atoms with Crippen LogP contribution in [-0.2, 0) is 11.8 Å². The molecule has 6 nitrogen and oxygen atoms in total. The van der Waals surface area contributed by atoms with Crippen molar-refractivity contribution in [2.24, 2.45) is 7.05 Å². The first-order chi connectivity index (χ1) is 16.9. The molecule has 4 aromatic rings. The maximum absolute atomic E-state index is 14.0. The maximum atomic E-state index is 14.0. The summed E-state index contributed by atoms with van der Waals surface area (Å²) < 4.78 is 14.0. The molecule has 2 aliphatic heterocycles. The van der Waals surface area contributed by atoms with Crippen molar-refractivity contribution < 1.29 is 9.47 Å². The van der Waals surface area contributed by atoms with E-state index in [-0.39, 0.29) is 5.43 Å². The van der Waals surface area contributed by atoms with Crippen LogP contribution in [0.15, 0.2) is 53.3 Å². The van der Waals surface area contributed by atoms with Crippen molar-refractivity contribution in [3.63, 3.8) is 0 Å². The SMILES string of the molecule is Cn1c2cc3ccccc3cc2c(=O)c2c(NCCN3CCOCC3)cc3c(c21)C=CC(C)(C)O3. The van der Waals surface area contributed by atoms with Gasteiger partial charge in [0.1, 0.15) is 11.4 Å². The number of hydrogen-bond acceptors (Lipinski definition) is 5. The Morgan fingerprint density at radius 1 is 1.06 bits per heavy atom. The number of rotatable bonds is 4. The number of anilines is 1. The maximum Gasteiger partial charge on any atom is 0.199 e. The lowest BCUT2D eigenvalue weighted by molar-refractivity contribution is 0.0398. The quantitative estimate of drug-likeness (QED) is 0.436. The number of benzene rings is 3. The van der Waals surface area contributed by atoms with Crippen molar-refractivity contribution >= 4 is 44.3 Å². The van der Waals surface area contributed by atoms with Crippen LogP contribution >= 0.6 is 0 Å². The molecule has 0 bridgehead atoms. The molecule has 35 heavy (non-hydrogen) atoms. The minimum atomic E-state index is -0.405. The highest BCUT2D eigenvalue weighted by Gasteiger charge is 2.27. The lowest BCUT2D eigenvalue weighted by Crippen LogP contribution is -2.39. The number of morpholine rings is 1. The Kier molecular flexibility index (Phi) is 5.31. The van der Waals surface area contributed by atoms with E-state index in [1.165, 1.54) is 0 Å². The minimum Gasteiger partial charge on any atom is -0.483 e. The van der Waals surface area contributed by atoms with E-state index in [0.717, 1.165) is 83.6 Å². The van der Waals surface area contributed by atoms with Crippen LogP contribution in [0, 0.1) is 0 Å². The van der Waals surface area contributed by atoms with Gasteiger partial charge in [-0.2, -0.15) is 0 Å². The smallest absolute Gasteiger partial charge is 0.199 e. The molecule has 1 saturated heterocycles. The summed E-state index contributed by atoms with van der Waals surface area (Å²) in [6, 6.07) is 14.4. The normalized spacial score (nSPS) is 17.6. The average Bonchev–Trinajstić information content (AvgIpc) is 2.85. The Hall–Kier alpha value is -3.35. The van der Waals surface area contributed by atoms with Crippen molar-refractivity contribution in [2.45, 2.75) is 19.4 Å². The van der Waals surface area contributed by atoms with Gasteiger partial charge in [-0.05, 0) is 48.9 Å². The van der Waals surface area contributed by atoms with Crippen LogP contribution in [-0.4, -0.2) is 54.5 Å². The van der Waals surface area contributed by atoms with Gasteiger partial charge in [-0.15, -0.1) is 0 Å². The third kappa shape index (κ3) is 3.87. The van der Waals surface area contributed by atoms with Crippen molar-refractivity contribution in [3.8, 4) is 5.75 Å². The molecule has 0 atom stereocenters. The molecule has 0 aliphatic carbocycles. The molecule has 2 aliphatic rings. The number of nitrogens with zero attached hydrogens (tertiary/aromatic N) is 2. The molecule has 0 amide bonds. The number of aromatic nitrogens is 1. The zero-order valence-electron chi connectivity index (χ0n) is 20.6. The Labute approximate surface area is 204 Å². The summed E-state index contributed by atoms with van der Waals surface area (Å²) in [6.45, 7) is 9.16. The molecule has 180 valence electrons. The van der Waals surface area contributed by atoms with E-state index in [4.69, 9.17) is 9.47 Å². The molecule has 3 aromatic carbocycles. The lowest BCUT2D eigenvalue weighted by atomic mass is 9.96. The fourth-order valence-corrected chi connectivity index (χ4v) is 5.34. The van der Waals surface area contributed by atoms with Crippen LogP contribution in [0.1, 0.15) is 19.4 Å². The van der Waals surface area contributed by atoms with E-state index in [2.05, 4.69) is 45.1 Å². The number of fused-ring (bicyclic) bond motifs is 5. The number of pyridine rings is 1. The molecule has 0 spiro atoms. The van der Waals surface area contributed by atoms with E-state index in [1.807, 2.05) is 45.2 Å². The van der Waals surface area contributed by atoms with Crippen molar-refractivity contribution in [2.75, 3.05) is 44.7 Å². The van der Waals surface area contributed by atoms with Gasteiger partial charge in [-0.25, -0.2) is 0 Å². The highest BCUT2D eigenvalue weighted by atomic mass is 16.5. The second-order valence-corrected chi connectivity index (χ2v) is 10.1. The van der Waals surface area contributed by atoms with Gasteiger partial charge in [0, 0.05) is 50.2 Å². The van der Waals surface area contributed by atoms with Crippen molar-refractivity contribution in [1.82, 2.24) is 9.47 Å². The highest BCUT2D eigenvalue weighted by Crippen LogP contribution is 2.40. The fraction of sp³-hybridized carbons (Fsp3) is 0.345. The van der Waals surface area contributed by atoms with Gasteiger partial charge in [0.15, 0.2) is 5.43 Å². The summed E-state index contributed by atoms with van der Waals surface area (Å²) in [5.41, 5.74) is 3.25.